The first kappa shape index (κ1) is 19.2. The molecule has 3 rings (SSSR count). The van der Waals surface area contributed by atoms with E-state index in [2.05, 4.69) is 16.3 Å². The molecule has 1 heterocycles. The Kier molecular flexibility index (Phi) is 6.93. The molecule has 0 spiro atoms. The van der Waals surface area contributed by atoms with Crippen molar-refractivity contribution in [1.29, 1.82) is 0 Å². The molecule has 7 heteroatoms. The Morgan fingerprint density at radius 1 is 1.15 bits per heavy atom. The zero-order chi connectivity index (χ0) is 18.4. The van der Waals surface area contributed by atoms with E-state index in [-0.39, 0.29) is 5.91 Å². The first-order valence-electron chi connectivity index (χ1n) is 8.35. The van der Waals surface area contributed by atoms with Gasteiger partial charge in [-0.15, -0.1) is 0 Å². The maximum atomic E-state index is 12.4. The van der Waals surface area contributed by atoms with E-state index in [9.17, 15) is 13.6 Å². The standard InChI is InChI=1S/C19H20F2N2OS2/c20-19(21)26-17-6-4-15(5-7-17)18(24)22-16-3-1-2-14(12-16)13-23-8-10-25-11-9-23/h1-7,12,19H,8-11,13H2,(H,22,24). The van der Waals surface area contributed by atoms with Gasteiger partial charge in [0, 0.05) is 47.3 Å². The topological polar surface area (TPSA) is 32.3 Å². The van der Waals surface area contributed by atoms with Crippen molar-refractivity contribution >= 4 is 35.1 Å². The second kappa shape index (κ2) is 9.39. The molecule has 1 amide bonds. The highest BCUT2D eigenvalue weighted by molar-refractivity contribution is 7.99. The van der Waals surface area contributed by atoms with Gasteiger partial charge in [0.05, 0.1) is 0 Å². The van der Waals surface area contributed by atoms with Gasteiger partial charge in [-0.3, -0.25) is 9.69 Å². The third-order valence-corrected chi connectivity index (χ3v) is 5.70. The summed E-state index contributed by atoms with van der Waals surface area (Å²) in [6, 6.07) is 14.0. The van der Waals surface area contributed by atoms with Crippen molar-refractivity contribution in [3.8, 4) is 0 Å². The van der Waals surface area contributed by atoms with Crippen LogP contribution in [0.25, 0.3) is 0 Å². The van der Waals surface area contributed by atoms with Crippen molar-refractivity contribution < 1.29 is 13.6 Å². The van der Waals surface area contributed by atoms with Crippen molar-refractivity contribution in [1.82, 2.24) is 4.90 Å². The van der Waals surface area contributed by atoms with Gasteiger partial charge in [0.15, 0.2) is 0 Å². The quantitative estimate of drug-likeness (QED) is 0.713. The van der Waals surface area contributed by atoms with Crippen LogP contribution in [-0.4, -0.2) is 41.2 Å². The summed E-state index contributed by atoms with van der Waals surface area (Å²) in [6.45, 7) is 3.05. The molecule has 0 atom stereocenters. The Morgan fingerprint density at radius 3 is 2.58 bits per heavy atom. The van der Waals surface area contributed by atoms with Gasteiger partial charge in [-0.2, -0.15) is 20.5 Å². The minimum absolute atomic E-state index is 0.245. The lowest BCUT2D eigenvalue weighted by Crippen LogP contribution is -2.31. The van der Waals surface area contributed by atoms with Crippen LogP contribution in [0.5, 0.6) is 0 Å². The number of hydrogen-bond acceptors (Lipinski definition) is 4. The molecule has 2 aromatic rings. The second-order valence-corrected chi connectivity index (χ2v) is 8.23. The molecule has 0 aliphatic carbocycles. The van der Waals surface area contributed by atoms with Crippen LogP contribution in [0.3, 0.4) is 0 Å². The fourth-order valence-corrected chi connectivity index (χ4v) is 4.23. The van der Waals surface area contributed by atoms with Crippen molar-refractivity contribution in [2.75, 3.05) is 29.9 Å². The summed E-state index contributed by atoms with van der Waals surface area (Å²) in [4.78, 5) is 15.2. The molecule has 0 unspecified atom stereocenters. The van der Waals surface area contributed by atoms with Crippen LogP contribution in [0, 0.1) is 0 Å². The van der Waals surface area contributed by atoms with Gasteiger partial charge in [0.2, 0.25) is 0 Å². The number of carbonyl (C=O) groups is 1. The number of hydrogen-bond donors (Lipinski definition) is 1. The lowest BCUT2D eigenvalue weighted by molar-refractivity contribution is 0.102. The number of carbonyl (C=O) groups excluding carboxylic acids is 1. The monoisotopic (exact) mass is 394 g/mol. The van der Waals surface area contributed by atoms with Crippen LogP contribution in [0.1, 0.15) is 15.9 Å². The molecule has 3 nitrogen and oxygen atoms in total. The highest BCUT2D eigenvalue weighted by atomic mass is 32.2. The predicted octanol–water partition coefficient (Wildman–Crippen LogP) is 4.80. The van der Waals surface area contributed by atoms with Crippen molar-refractivity contribution in [3.63, 3.8) is 0 Å². The molecule has 0 bridgehead atoms. The summed E-state index contributed by atoms with van der Waals surface area (Å²) >= 11 is 2.45. The minimum Gasteiger partial charge on any atom is -0.322 e. The molecule has 1 aliphatic rings. The van der Waals surface area contributed by atoms with E-state index in [1.165, 1.54) is 17.7 Å². The molecule has 26 heavy (non-hydrogen) atoms. The third kappa shape index (κ3) is 5.72. The number of rotatable bonds is 6. The lowest BCUT2D eigenvalue weighted by Gasteiger charge is -2.26. The number of thioether (sulfide) groups is 2. The summed E-state index contributed by atoms with van der Waals surface area (Å²) in [5.41, 5.74) is 2.35. The molecule has 1 N–H and O–H groups in total. The predicted molar refractivity (Wildman–Crippen MR) is 105 cm³/mol. The first-order valence-corrected chi connectivity index (χ1v) is 10.4. The van der Waals surface area contributed by atoms with Crippen LogP contribution in [-0.2, 0) is 6.54 Å². The van der Waals surface area contributed by atoms with Crippen molar-refractivity contribution in [3.05, 3.63) is 59.7 Å². The largest absolute Gasteiger partial charge is 0.322 e. The molecule has 2 aromatic carbocycles. The molecule has 1 aliphatic heterocycles. The third-order valence-electron chi connectivity index (χ3n) is 4.04. The van der Waals surface area contributed by atoms with E-state index >= 15 is 0 Å². The van der Waals surface area contributed by atoms with Crippen molar-refractivity contribution in [2.45, 2.75) is 17.2 Å². The summed E-state index contributed by atoms with van der Waals surface area (Å²) in [5.74, 6) is -0.381. The molecule has 0 radical (unpaired) electrons. The smallest absolute Gasteiger partial charge is 0.288 e. The van der Waals surface area contributed by atoms with E-state index in [1.807, 2.05) is 30.0 Å². The molecule has 1 saturated heterocycles. The van der Waals surface area contributed by atoms with Gasteiger partial charge in [0.25, 0.3) is 11.7 Å². The molecular formula is C19H20F2N2OS2. The average Bonchev–Trinajstić information content (AvgIpc) is 2.63. The fourth-order valence-electron chi connectivity index (χ4n) is 2.76. The minimum atomic E-state index is -2.46. The molecule has 0 saturated carbocycles. The van der Waals surface area contributed by atoms with Gasteiger partial charge < -0.3 is 5.32 Å². The first-order chi connectivity index (χ1) is 12.6. The lowest BCUT2D eigenvalue weighted by atomic mass is 10.1. The zero-order valence-corrected chi connectivity index (χ0v) is 15.8. The van der Waals surface area contributed by atoms with Gasteiger partial charge in [-0.05, 0) is 42.0 Å². The Morgan fingerprint density at radius 2 is 1.88 bits per heavy atom. The van der Waals surface area contributed by atoms with E-state index < -0.39 is 5.76 Å². The Balaban J connectivity index is 1.60. The number of amides is 1. The van der Waals surface area contributed by atoms with Gasteiger partial charge in [-0.25, -0.2) is 0 Å². The van der Waals surface area contributed by atoms with Gasteiger partial charge >= 0.3 is 0 Å². The number of anilines is 1. The summed E-state index contributed by atoms with van der Waals surface area (Å²) < 4.78 is 24.7. The number of halogens is 2. The molecule has 138 valence electrons. The Bertz CT molecular complexity index is 735. The van der Waals surface area contributed by atoms with Crippen LogP contribution in [0.15, 0.2) is 53.4 Å². The Hall–Kier alpha value is -1.57. The highest BCUT2D eigenvalue weighted by Crippen LogP contribution is 2.25. The maximum Gasteiger partial charge on any atom is 0.288 e. The number of nitrogens with one attached hydrogen (secondary N) is 1. The zero-order valence-electron chi connectivity index (χ0n) is 14.2. The summed E-state index contributed by atoms with van der Waals surface area (Å²) in [7, 11) is 0. The van der Waals surface area contributed by atoms with Gasteiger partial charge in [0.1, 0.15) is 0 Å². The SMILES string of the molecule is O=C(Nc1cccc(CN2CCSCC2)c1)c1ccc(SC(F)F)cc1. The van der Waals surface area contributed by atoms with Crippen LogP contribution >= 0.6 is 23.5 Å². The van der Waals surface area contributed by atoms with Gasteiger partial charge in [-0.1, -0.05) is 23.9 Å². The summed E-state index contributed by atoms with van der Waals surface area (Å²) in [6.07, 6.45) is 0. The van der Waals surface area contributed by atoms with E-state index in [0.29, 0.717) is 22.2 Å². The summed E-state index contributed by atoms with van der Waals surface area (Å²) in [5, 5.41) is 2.88. The van der Waals surface area contributed by atoms with E-state index in [0.717, 1.165) is 36.8 Å². The normalized spacial score (nSPS) is 15.2. The van der Waals surface area contributed by atoms with E-state index in [4.69, 9.17) is 0 Å². The number of benzene rings is 2. The van der Waals surface area contributed by atoms with Crippen LogP contribution in [0.4, 0.5) is 14.5 Å². The molecule has 0 aromatic heterocycles. The van der Waals surface area contributed by atoms with E-state index in [1.54, 1.807) is 12.1 Å². The van der Waals surface area contributed by atoms with Crippen molar-refractivity contribution in [2.24, 2.45) is 0 Å². The maximum absolute atomic E-state index is 12.4. The highest BCUT2D eigenvalue weighted by Gasteiger charge is 2.12. The second-order valence-electron chi connectivity index (χ2n) is 5.95. The molecular weight excluding hydrogens is 374 g/mol. The fraction of sp³-hybridized carbons (Fsp3) is 0.316. The van der Waals surface area contributed by atoms with Crippen LogP contribution in [0.2, 0.25) is 0 Å². The number of nitrogens with zero attached hydrogens (tertiary/aromatic N) is 1. The van der Waals surface area contributed by atoms with Crippen LogP contribution < -0.4 is 5.32 Å². The molecule has 1 fully saturated rings. The average molecular weight is 395 g/mol. The number of alkyl halides is 2. The Labute approximate surface area is 160 Å².